The third-order valence-corrected chi connectivity index (χ3v) is 2.66. The molecule has 96 valence electrons. The normalized spacial score (nSPS) is 10.8. The molecule has 0 saturated carbocycles. The first-order valence-corrected chi connectivity index (χ1v) is 5.82. The highest BCUT2D eigenvalue weighted by Crippen LogP contribution is 2.20. The van der Waals surface area contributed by atoms with E-state index in [0.717, 1.165) is 5.56 Å². The zero-order valence-electron chi connectivity index (χ0n) is 9.69. The van der Waals surface area contributed by atoms with Crippen molar-refractivity contribution in [3.8, 4) is 11.5 Å². The van der Waals surface area contributed by atoms with E-state index in [1.54, 1.807) is 18.3 Å². The van der Waals surface area contributed by atoms with E-state index >= 15 is 0 Å². The van der Waals surface area contributed by atoms with E-state index < -0.39 is 0 Å². The van der Waals surface area contributed by atoms with Crippen LogP contribution in [0.2, 0.25) is 5.02 Å². The van der Waals surface area contributed by atoms with Crippen molar-refractivity contribution in [3.05, 3.63) is 41.4 Å². The minimum Gasteiger partial charge on any atom is -0.419 e. The van der Waals surface area contributed by atoms with Crippen LogP contribution in [0.1, 0.15) is 5.89 Å². The zero-order valence-corrected chi connectivity index (χ0v) is 10.4. The number of hydrogen-bond acceptors (Lipinski definition) is 6. The Balaban J connectivity index is 1.81. The Morgan fingerprint density at radius 1 is 1.16 bits per heavy atom. The first kappa shape index (κ1) is 11.7. The molecule has 3 aromatic rings. The minimum atomic E-state index is 0.324. The SMILES string of the molecule is Nc1cn(Cc2nnc(-c3ccc(Cl)cc3)o2)nn1. The first-order valence-electron chi connectivity index (χ1n) is 5.44. The molecule has 0 spiro atoms. The summed E-state index contributed by atoms with van der Waals surface area (Å²) >= 11 is 5.82. The van der Waals surface area contributed by atoms with Gasteiger partial charge in [-0.25, -0.2) is 4.68 Å². The highest BCUT2D eigenvalue weighted by Gasteiger charge is 2.09. The molecule has 0 radical (unpaired) electrons. The minimum absolute atomic E-state index is 0.324. The van der Waals surface area contributed by atoms with E-state index in [-0.39, 0.29) is 0 Å². The Hall–Kier alpha value is -2.41. The quantitative estimate of drug-likeness (QED) is 0.781. The number of rotatable bonds is 3. The van der Waals surface area contributed by atoms with Crippen molar-refractivity contribution < 1.29 is 4.42 Å². The Morgan fingerprint density at radius 2 is 1.95 bits per heavy atom. The summed E-state index contributed by atoms with van der Waals surface area (Å²) in [6.07, 6.45) is 1.59. The van der Waals surface area contributed by atoms with Crippen LogP contribution in [0.4, 0.5) is 5.82 Å². The largest absolute Gasteiger partial charge is 0.419 e. The number of halogens is 1. The van der Waals surface area contributed by atoms with Gasteiger partial charge < -0.3 is 10.2 Å². The summed E-state index contributed by atoms with van der Waals surface area (Å²) in [6, 6.07) is 7.15. The Kier molecular flexibility index (Phi) is 2.88. The molecule has 3 rings (SSSR count). The lowest BCUT2D eigenvalue weighted by atomic mass is 10.2. The summed E-state index contributed by atoms with van der Waals surface area (Å²) < 4.78 is 7.05. The maximum absolute atomic E-state index is 5.82. The van der Waals surface area contributed by atoms with Crippen LogP contribution in [0.25, 0.3) is 11.5 Å². The summed E-state index contributed by atoms with van der Waals surface area (Å²) in [7, 11) is 0. The van der Waals surface area contributed by atoms with Crippen molar-refractivity contribution in [1.82, 2.24) is 25.2 Å². The standard InChI is InChI=1S/C11H9ClN6O/c12-8-3-1-7(2-4-8)11-16-15-10(19-11)6-18-5-9(13)14-17-18/h1-5H,6,13H2. The van der Waals surface area contributed by atoms with Crippen LogP contribution in [0.3, 0.4) is 0 Å². The monoisotopic (exact) mass is 276 g/mol. The lowest BCUT2D eigenvalue weighted by Gasteiger charge is -1.95. The van der Waals surface area contributed by atoms with Gasteiger partial charge in [-0.2, -0.15) is 0 Å². The number of anilines is 1. The zero-order chi connectivity index (χ0) is 13.2. The van der Waals surface area contributed by atoms with Crippen molar-refractivity contribution in [2.24, 2.45) is 0 Å². The van der Waals surface area contributed by atoms with Crippen LogP contribution in [0.15, 0.2) is 34.9 Å². The van der Waals surface area contributed by atoms with Gasteiger partial charge in [0.15, 0.2) is 5.82 Å². The Labute approximate surface area is 113 Å². The van der Waals surface area contributed by atoms with Crippen molar-refractivity contribution in [2.75, 3.05) is 5.73 Å². The molecule has 1 aromatic carbocycles. The van der Waals surface area contributed by atoms with Gasteiger partial charge in [-0.05, 0) is 24.3 Å². The fourth-order valence-electron chi connectivity index (χ4n) is 1.56. The van der Waals surface area contributed by atoms with E-state index in [4.69, 9.17) is 21.8 Å². The fourth-order valence-corrected chi connectivity index (χ4v) is 1.68. The van der Waals surface area contributed by atoms with Crippen molar-refractivity contribution in [2.45, 2.75) is 6.54 Å². The number of benzene rings is 1. The van der Waals surface area contributed by atoms with Gasteiger partial charge in [0.1, 0.15) is 6.54 Å². The van der Waals surface area contributed by atoms with E-state index in [1.165, 1.54) is 4.68 Å². The predicted molar refractivity (Wildman–Crippen MR) is 68.3 cm³/mol. The average Bonchev–Trinajstić information content (AvgIpc) is 3.00. The van der Waals surface area contributed by atoms with Gasteiger partial charge in [0, 0.05) is 10.6 Å². The van der Waals surface area contributed by atoms with Crippen LogP contribution in [-0.4, -0.2) is 25.2 Å². The number of aromatic nitrogens is 5. The molecule has 2 heterocycles. The van der Waals surface area contributed by atoms with Gasteiger partial charge in [-0.3, -0.25) is 0 Å². The van der Waals surface area contributed by atoms with Gasteiger partial charge in [0.2, 0.25) is 11.8 Å². The maximum Gasteiger partial charge on any atom is 0.247 e. The van der Waals surface area contributed by atoms with Gasteiger partial charge in [0.25, 0.3) is 0 Å². The third kappa shape index (κ3) is 2.55. The topological polar surface area (TPSA) is 95.7 Å². The molecule has 0 fully saturated rings. The molecule has 0 amide bonds. The molecule has 0 bridgehead atoms. The highest BCUT2D eigenvalue weighted by atomic mass is 35.5. The molecule has 19 heavy (non-hydrogen) atoms. The Morgan fingerprint density at radius 3 is 2.63 bits per heavy atom. The number of hydrogen-bond donors (Lipinski definition) is 1. The number of nitrogens with zero attached hydrogens (tertiary/aromatic N) is 5. The van der Waals surface area contributed by atoms with E-state index in [2.05, 4.69) is 20.5 Å². The summed E-state index contributed by atoms with van der Waals surface area (Å²) in [4.78, 5) is 0. The van der Waals surface area contributed by atoms with Crippen LogP contribution in [0, 0.1) is 0 Å². The van der Waals surface area contributed by atoms with E-state index in [0.29, 0.717) is 29.2 Å². The molecule has 0 saturated heterocycles. The van der Waals surface area contributed by atoms with Gasteiger partial charge in [-0.1, -0.05) is 16.8 Å². The van der Waals surface area contributed by atoms with Crippen molar-refractivity contribution >= 4 is 17.4 Å². The Bertz CT molecular complexity index is 689. The molecule has 0 aliphatic rings. The van der Waals surface area contributed by atoms with Gasteiger partial charge in [-0.15, -0.1) is 15.3 Å². The summed E-state index contributed by atoms with van der Waals surface area (Å²) in [6.45, 7) is 0.324. The summed E-state index contributed by atoms with van der Waals surface area (Å²) in [5.74, 6) is 1.20. The molecule has 7 nitrogen and oxygen atoms in total. The molecule has 0 aliphatic heterocycles. The highest BCUT2D eigenvalue weighted by molar-refractivity contribution is 6.30. The lowest BCUT2D eigenvalue weighted by molar-refractivity contribution is 0.469. The fraction of sp³-hybridized carbons (Fsp3) is 0.0909. The van der Waals surface area contributed by atoms with Gasteiger partial charge in [0.05, 0.1) is 6.20 Å². The van der Waals surface area contributed by atoms with E-state index in [1.807, 2.05) is 12.1 Å². The second-order valence-corrected chi connectivity index (χ2v) is 4.29. The summed E-state index contributed by atoms with van der Waals surface area (Å²) in [5.41, 5.74) is 6.28. The van der Waals surface area contributed by atoms with Crippen molar-refractivity contribution in [1.29, 1.82) is 0 Å². The molecule has 0 atom stereocenters. The van der Waals surface area contributed by atoms with Crippen molar-refractivity contribution in [3.63, 3.8) is 0 Å². The molecular weight excluding hydrogens is 268 g/mol. The van der Waals surface area contributed by atoms with Crippen LogP contribution in [-0.2, 0) is 6.54 Å². The predicted octanol–water partition coefficient (Wildman–Crippen LogP) is 1.61. The third-order valence-electron chi connectivity index (χ3n) is 2.41. The van der Waals surface area contributed by atoms with Crippen LogP contribution < -0.4 is 5.73 Å². The van der Waals surface area contributed by atoms with Crippen LogP contribution in [0.5, 0.6) is 0 Å². The second-order valence-electron chi connectivity index (χ2n) is 3.85. The molecule has 0 aliphatic carbocycles. The molecule has 2 N–H and O–H groups in total. The molecular formula is C11H9ClN6O. The average molecular weight is 277 g/mol. The number of nitrogens with two attached hydrogens (primary N) is 1. The molecule has 8 heteroatoms. The van der Waals surface area contributed by atoms with E-state index in [9.17, 15) is 0 Å². The maximum atomic E-state index is 5.82. The summed E-state index contributed by atoms with van der Waals surface area (Å²) in [5, 5.41) is 16.0. The lowest BCUT2D eigenvalue weighted by Crippen LogP contribution is -2.00. The second kappa shape index (κ2) is 4.69. The molecule has 2 aromatic heterocycles. The smallest absolute Gasteiger partial charge is 0.247 e. The van der Waals surface area contributed by atoms with Gasteiger partial charge >= 0.3 is 0 Å². The first-order chi connectivity index (χ1) is 9.20. The number of nitrogen functional groups attached to an aromatic ring is 1. The van der Waals surface area contributed by atoms with Crippen LogP contribution >= 0.6 is 11.6 Å². The molecule has 0 unspecified atom stereocenters.